The van der Waals surface area contributed by atoms with Gasteiger partial charge in [0.05, 0.1) is 16.3 Å². The lowest BCUT2D eigenvalue weighted by molar-refractivity contribution is -0.147. The maximum atomic E-state index is 14.7. The largest absolute Gasteiger partial charge is 0.348 e. The molecular weight excluding hydrogens is 679 g/mol. The highest BCUT2D eigenvalue weighted by Crippen LogP contribution is 2.39. The number of carbonyl (C=O) groups excluding carboxylic acids is 3. The van der Waals surface area contributed by atoms with Crippen LogP contribution in [0.25, 0.3) is 17.3 Å². The smallest absolute Gasteiger partial charge is 0.291 e. The van der Waals surface area contributed by atoms with Crippen molar-refractivity contribution in [3.63, 3.8) is 0 Å². The average molecular weight is 736 g/mol. The van der Waals surface area contributed by atoms with Gasteiger partial charge in [-0.15, -0.1) is 0 Å². The summed E-state index contributed by atoms with van der Waals surface area (Å²) in [5.41, 5.74) is 1.32. The molecule has 1 aromatic heterocycles. The topological polar surface area (TPSA) is 97.6 Å². The number of para-hydroxylation sites is 1. The summed E-state index contributed by atoms with van der Waals surface area (Å²) in [7, 11) is 0. The number of unbranched alkanes of at least 4 members (excludes halogenated alkanes) is 2. The lowest BCUT2D eigenvalue weighted by Crippen LogP contribution is -2.58. The van der Waals surface area contributed by atoms with E-state index < -0.39 is 23.1 Å². The van der Waals surface area contributed by atoms with Crippen LogP contribution in [0.4, 0.5) is 10.8 Å². The number of amides is 3. The quantitative estimate of drug-likeness (QED) is 0.101. The SMILES string of the molecule is CCCCC(CC)CN(CC(CC)CCCC)c1nc(-c2ccccc2)c(/C=C2\C(=O)N(N(C(=O)C(C)(C)C)c3ccccc3)C(=O)C(C#N)=C2C)s1. The van der Waals surface area contributed by atoms with E-state index in [1.807, 2.05) is 36.4 Å². The van der Waals surface area contributed by atoms with Gasteiger partial charge in [0.2, 0.25) is 0 Å². The van der Waals surface area contributed by atoms with Crippen LogP contribution in [0.5, 0.6) is 0 Å². The molecule has 1 aliphatic heterocycles. The molecule has 0 saturated carbocycles. The summed E-state index contributed by atoms with van der Waals surface area (Å²) in [6, 6.07) is 20.6. The number of hydrogen-bond acceptors (Lipinski definition) is 7. The lowest BCUT2D eigenvalue weighted by atomic mass is 9.93. The fourth-order valence-corrected chi connectivity index (χ4v) is 7.69. The molecule has 2 heterocycles. The van der Waals surface area contributed by atoms with Crippen molar-refractivity contribution in [2.75, 3.05) is 23.0 Å². The van der Waals surface area contributed by atoms with Crippen molar-refractivity contribution in [3.05, 3.63) is 82.3 Å². The molecule has 9 heteroatoms. The Bertz CT molecular complexity index is 1800. The number of carbonyl (C=O) groups is 3. The van der Waals surface area contributed by atoms with Gasteiger partial charge in [0.15, 0.2) is 5.13 Å². The molecular formula is C44H57N5O3S. The molecule has 2 unspecified atom stereocenters. The van der Waals surface area contributed by atoms with Gasteiger partial charge in [0.25, 0.3) is 17.7 Å². The highest BCUT2D eigenvalue weighted by molar-refractivity contribution is 7.17. The Morgan fingerprint density at radius 3 is 1.92 bits per heavy atom. The van der Waals surface area contributed by atoms with Crippen molar-refractivity contribution in [1.29, 1.82) is 5.26 Å². The third-order valence-corrected chi connectivity index (χ3v) is 11.1. The second-order valence-corrected chi connectivity index (χ2v) is 16.1. The Balaban J connectivity index is 1.93. The van der Waals surface area contributed by atoms with Crippen molar-refractivity contribution in [2.24, 2.45) is 17.3 Å². The van der Waals surface area contributed by atoms with Crippen LogP contribution in [0, 0.1) is 28.6 Å². The first-order valence-corrected chi connectivity index (χ1v) is 20.1. The predicted molar refractivity (Wildman–Crippen MR) is 218 cm³/mol. The number of nitrogens with zero attached hydrogens (tertiary/aromatic N) is 5. The van der Waals surface area contributed by atoms with Gasteiger partial charge >= 0.3 is 0 Å². The second-order valence-electron chi connectivity index (χ2n) is 15.1. The van der Waals surface area contributed by atoms with Gasteiger partial charge in [-0.1, -0.05) is 147 Å². The average Bonchev–Trinajstić information content (AvgIpc) is 3.58. The van der Waals surface area contributed by atoms with E-state index in [4.69, 9.17) is 4.98 Å². The Kier molecular flexibility index (Phi) is 14.8. The molecule has 0 saturated heterocycles. The van der Waals surface area contributed by atoms with Crippen molar-refractivity contribution in [3.8, 4) is 17.3 Å². The van der Waals surface area contributed by atoms with Crippen molar-refractivity contribution in [1.82, 2.24) is 9.99 Å². The molecule has 53 heavy (non-hydrogen) atoms. The molecule has 0 N–H and O–H groups in total. The molecule has 282 valence electrons. The molecule has 0 radical (unpaired) electrons. The van der Waals surface area contributed by atoms with Crippen LogP contribution in [0.1, 0.15) is 112 Å². The summed E-state index contributed by atoms with van der Waals surface area (Å²) in [4.78, 5) is 51.2. The summed E-state index contributed by atoms with van der Waals surface area (Å²) >= 11 is 1.54. The third-order valence-electron chi connectivity index (χ3n) is 10.0. The molecule has 8 nitrogen and oxygen atoms in total. The molecule has 1 aliphatic rings. The van der Waals surface area contributed by atoms with E-state index in [1.54, 1.807) is 64.1 Å². The van der Waals surface area contributed by atoms with Gasteiger partial charge < -0.3 is 4.90 Å². The van der Waals surface area contributed by atoms with Crippen LogP contribution in [-0.4, -0.2) is 40.8 Å². The summed E-state index contributed by atoms with van der Waals surface area (Å²) in [6.45, 7) is 17.7. The van der Waals surface area contributed by atoms with E-state index >= 15 is 0 Å². The Morgan fingerprint density at radius 2 is 1.43 bits per heavy atom. The number of hydrogen-bond donors (Lipinski definition) is 0. The molecule has 3 aromatic rings. The van der Waals surface area contributed by atoms with E-state index in [0.29, 0.717) is 17.5 Å². The highest BCUT2D eigenvalue weighted by atomic mass is 32.1. The third kappa shape index (κ3) is 9.91. The number of aromatic nitrogens is 1. The number of hydrazine groups is 1. The molecule has 0 bridgehead atoms. The van der Waals surface area contributed by atoms with Crippen LogP contribution in [0.2, 0.25) is 0 Å². The molecule has 0 aliphatic carbocycles. The Morgan fingerprint density at radius 1 is 0.887 bits per heavy atom. The summed E-state index contributed by atoms with van der Waals surface area (Å²) in [6.07, 6.45) is 10.9. The summed E-state index contributed by atoms with van der Waals surface area (Å²) < 4.78 is 0. The number of imide groups is 1. The van der Waals surface area contributed by atoms with Crippen LogP contribution in [0.3, 0.4) is 0 Å². The van der Waals surface area contributed by atoms with E-state index in [0.717, 1.165) is 82.9 Å². The van der Waals surface area contributed by atoms with Crippen molar-refractivity contribution < 1.29 is 14.4 Å². The molecule has 0 spiro atoms. The second kappa shape index (κ2) is 19.0. The minimum atomic E-state index is -0.944. The maximum Gasteiger partial charge on any atom is 0.291 e. The van der Waals surface area contributed by atoms with Crippen LogP contribution in [-0.2, 0) is 14.4 Å². The van der Waals surface area contributed by atoms with Crippen molar-refractivity contribution >= 4 is 46.0 Å². The normalized spacial score (nSPS) is 15.5. The first-order chi connectivity index (χ1) is 25.4. The van der Waals surface area contributed by atoms with Gasteiger partial charge in [-0.3, -0.25) is 14.4 Å². The number of rotatable bonds is 17. The Labute approximate surface area is 321 Å². The van der Waals surface area contributed by atoms with E-state index in [2.05, 4.69) is 32.6 Å². The van der Waals surface area contributed by atoms with Gasteiger partial charge in [-0.2, -0.15) is 10.3 Å². The van der Waals surface area contributed by atoms with Gasteiger partial charge in [-0.25, -0.2) is 9.99 Å². The van der Waals surface area contributed by atoms with Crippen LogP contribution >= 0.6 is 11.3 Å². The van der Waals surface area contributed by atoms with Gasteiger partial charge in [0, 0.05) is 29.6 Å². The zero-order valence-electron chi connectivity index (χ0n) is 32.9. The van der Waals surface area contributed by atoms with E-state index in [9.17, 15) is 19.6 Å². The molecule has 2 atom stereocenters. The van der Waals surface area contributed by atoms with E-state index in [-0.39, 0.29) is 16.7 Å². The number of anilines is 2. The molecule has 3 amide bonds. The van der Waals surface area contributed by atoms with Crippen LogP contribution < -0.4 is 9.91 Å². The number of benzene rings is 2. The maximum absolute atomic E-state index is 14.7. The zero-order chi connectivity index (χ0) is 38.7. The summed E-state index contributed by atoms with van der Waals surface area (Å²) in [5, 5.41) is 13.2. The number of nitriles is 1. The monoisotopic (exact) mass is 735 g/mol. The molecule has 0 fully saturated rings. The first kappa shape index (κ1) is 41.2. The van der Waals surface area contributed by atoms with Gasteiger partial charge in [0.1, 0.15) is 11.6 Å². The molecule has 4 rings (SSSR count). The first-order valence-electron chi connectivity index (χ1n) is 19.3. The van der Waals surface area contributed by atoms with E-state index in [1.165, 1.54) is 24.2 Å². The minimum Gasteiger partial charge on any atom is -0.348 e. The Hall–Kier alpha value is -4.55. The lowest BCUT2D eigenvalue weighted by Gasteiger charge is -2.39. The number of thiazole rings is 1. The predicted octanol–water partition coefficient (Wildman–Crippen LogP) is 10.6. The summed E-state index contributed by atoms with van der Waals surface area (Å²) in [5.74, 6) is -0.906. The van der Waals surface area contributed by atoms with Crippen LogP contribution in [0.15, 0.2) is 77.4 Å². The fraction of sp³-hybridized carbons (Fsp3) is 0.477. The minimum absolute atomic E-state index is 0.173. The standard InChI is InChI=1S/C44H57N5O3S/c1-9-13-21-32(11-3)29-47(30-33(12-4)22-14-10-2)43-46-39(34-23-17-15-18-24-34)38(53-43)27-36-31(5)37(28-45)41(51)49(40(36)50)48(42(52)44(6,7)8)35-25-19-16-20-26-35/h15-20,23-27,32-33H,9-14,21-22,29-30H2,1-8H3/b36-27-. The zero-order valence-corrected chi connectivity index (χ0v) is 33.8. The molecule has 2 aromatic carbocycles. The van der Waals surface area contributed by atoms with Crippen molar-refractivity contribution in [2.45, 2.75) is 107 Å². The van der Waals surface area contributed by atoms with Gasteiger partial charge in [-0.05, 0) is 55.4 Å². The highest BCUT2D eigenvalue weighted by Gasteiger charge is 2.44. The fourth-order valence-electron chi connectivity index (χ4n) is 6.64.